The van der Waals surface area contributed by atoms with Crippen LogP contribution >= 0.6 is 0 Å². The fourth-order valence-corrected chi connectivity index (χ4v) is 3.80. The molecule has 2 atom stereocenters. The van der Waals surface area contributed by atoms with E-state index in [-0.39, 0.29) is 5.91 Å². The van der Waals surface area contributed by atoms with Gasteiger partial charge in [-0.1, -0.05) is 6.07 Å². The van der Waals surface area contributed by atoms with Crippen LogP contribution in [0.2, 0.25) is 0 Å². The molecule has 4 rings (SSSR count). The van der Waals surface area contributed by atoms with Crippen LogP contribution in [0.1, 0.15) is 28.8 Å². The van der Waals surface area contributed by atoms with E-state index in [4.69, 9.17) is 4.42 Å². The Morgan fingerprint density at radius 1 is 1.27 bits per heavy atom. The zero-order valence-corrected chi connectivity index (χ0v) is 12.4. The van der Waals surface area contributed by atoms with Crippen LogP contribution in [0.4, 0.5) is 0 Å². The highest BCUT2D eigenvalue weighted by Gasteiger charge is 2.44. The van der Waals surface area contributed by atoms with Gasteiger partial charge in [-0.2, -0.15) is 0 Å². The summed E-state index contributed by atoms with van der Waals surface area (Å²) < 4.78 is 5.04. The second-order valence-electron chi connectivity index (χ2n) is 6.05. The second kappa shape index (κ2) is 5.57. The summed E-state index contributed by atoms with van der Waals surface area (Å²) in [5.41, 5.74) is 1.90. The van der Waals surface area contributed by atoms with Gasteiger partial charge in [0.25, 0.3) is 5.91 Å². The zero-order valence-electron chi connectivity index (χ0n) is 12.4. The summed E-state index contributed by atoms with van der Waals surface area (Å²) in [6.07, 6.45) is 8.93. The normalized spacial score (nSPS) is 24.6. The number of rotatable bonds is 3. The Kier molecular flexibility index (Phi) is 3.42. The molecular formula is C17H19N3O2. The van der Waals surface area contributed by atoms with Gasteiger partial charge in [0.05, 0.1) is 11.8 Å². The summed E-state index contributed by atoms with van der Waals surface area (Å²) in [7, 11) is 0. The highest BCUT2D eigenvalue weighted by atomic mass is 16.3. The molecule has 4 heterocycles. The molecule has 5 nitrogen and oxygen atoms in total. The van der Waals surface area contributed by atoms with Crippen LogP contribution in [-0.2, 0) is 6.54 Å². The lowest BCUT2D eigenvalue weighted by atomic mass is 10.1. The molecule has 0 N–H and O–H groups in total. The van der Waals surface area contributed by atoms with Gasteiger partial charge in [-0.3, -0.25) is 14.7 Å². The number of hydrogen-bond acceptors (Lipinski definition) is 4. The Bertz CT molecular complexity index is 641. The number of fused-ring (bicyclic) bond motifs is 1. The highest BCUT2D eigenvalue weighted by Crippen LogP contribution is 2.33. The van der Waals surface area contributed by atoms with E-state index in [2.05, 4.69) is 16.0 Å². The summed E-state index contributed by atoms with van der Waals surface area (Å²) in [6, 6.07) is 6.64. The first-order valence-corrected chi connectivity index (χ1v) is 7.79. The number of carbonyl (C=O) groups is 1. The van der Waals surface area contributed by atoms with Gasteiger partial charge in [-0.25, -0.2) is 0 Å². The zero-order chi connectivity index (χ0) is 14.9. The average Bonchev–Trinajstić information content (AvgIpc) is 3.26. The predicted molar refractivity (Wildman–Crippen MR) is 81.2 cm³/mol. The number of hydrogen-bond donors (Lipinski definition) is 0. The standard InChI is InChI=1S/C17H19N3O2/c21-17(14-5-9-22-12-14)20-8-4-15-16(20)3-7-19(15)11-13-2-1-6-18-10-13/h1-2,5-6,9-10,12,15-16H,3-4,7-8,11H2/t15-,16+/m1/s1. The monoisotopic (exact) mass is 297 g/mol. The van der Waals surface area contributed by atoms with Crippen LogP contribution in [0.3, 0.4) is 0 Å². The maximum Gasteiger partial charge on any atom is 0.257 e. The fourth-order valence-electron chi connectivity index (χ4n) is 3.80. The Hall–Kier alpha value is -2.14. The first-order valence-electron chi connectivity index (χ1n) is 7.79. The molecular weight excluding hydrogens is 278 g/mol. The number of pyridine rings is 1. The number of nitrogens with zero attached hydrogens (tertiary/aromatic N) is 3. The minimum atomic E-state index is 0.101. The first kappa shape index (κ1) is 13.5. The van der Waals surface area contributed by atoms with E-state index >= 15 is 0 Å². The molecule has 2 saturated heterocycles. The smallest absolute Gasteiger partial charge is 0.257 e. The third-order valence-corrected chi connectivity index (χ3v) is 4.83. The molecule has 1 amide bonds. The topological polar surface area (TPSA) is 49.6 Å². The van der Waals surface area contributed by atoms with Gasteiger partial charge in [0, 0.05) is 44.1 Å². The third-order valence-electron chi connectivity index (χ3n) is 4.83. The van der Waals surface area contributed by atoms with E-state index < -0.39 is 0 Å². The minimum Gasteiger partial charge on any atom is -0.472 e. The molecule has 0 bridgehead atoms. The van der Waals surface area contributed by atoms with Crippen molar-refractivity contribution >= 4 is 5.91 Å². The van der Waals surface area contributed by atoms with E-state index in [1.807, 2.05) is 17.2 Å². The quantitative estimate of drug-likeness (QED) is 0.871. The Balaban J connectivity index is 1.46. The molecule has 22 heavy (non-hydrogen) atoms. The van der Waals surface area contributed by atoms with Crippen molar-refractivity contribution in [3.8, 4) is 0 Å². The SMILES string of the molecule is O=C(c1ccoc1)N1CC[C@@H]2[C@@H]1CCN2Cc1cccnc1. The Morgan fingerprint density at radius 2 is 2.18 bits per heavy atom. The van der Waals surface area contributed by atoms with Crippen molar-refractivity contribution < 1.29 is 9.21 Å². The van der Waals surface area contributed by atoms with Gasteiger partial charge >= 0.3 is 0 Å². The van der Waals surface area contributed by atoms with Crippen molar-refractivity contribution in [1.29, 1.82) is 0 Å². The van der Waals surface area contributed by atoms with Crippen LogP contribution in [0.5, 0.6) is 0 Å². The van der Waals surface area contributed by atoms with Crippen LogP contribution in [0.15, 0.2) is 47.5 Å². The number of likely N-dealkylation sites (tertiary alicyclic amines) is 2. The highest BCUT2D eigenvalue weighted by molar-refractivity contribution is 5.94. The number of furan rings is 1. The van der Waals surface area contributed by atoms with Crippen LogP contribution in [0, 0.1) is 0 Å². The van der Waals surface area contributed by atoms with E-state index in [0.29, 0.717) is 17.6 Å². The number of carbonyl (C=O) groups excluding carboxylic acids is 1. The lowest BCUT2D eigenvalue weighted by Gasteiger charge is -2.25. The van der Waals surface area contributed by atoms with Crippen molar-refractivity contribution in [3.63, 3.8) is 0 Å². The van der Waals surface area contributed by atoms with Gasteiger partial charge in [-0.15, -0.1) is 0 Å². The lowest BCUT2D eigenvalue weighted by molar-refractivity contribution is 0.0731. The van der Waals surface area contributed by atoms with E-state index in [1.54, 1.807) is 18.5 Å². The molecule has 2 fully saturated rings. The van der Waals surface area contributed by atoms with Crippen molar-refractivity contribution in [2.75, 3.05) is 13.1 Å². The van der Waals surface area contributed by atoms with Crippen LogP contribution in [0.25, 0.3) is 0 Å². The summed E-state index contributed by atoms with van der Waals surface area (Å²) >= 11 is 0. The predicted octanol–water partition coefficient (Wildman–Crippen LogP) is 2.16. The van der Waals surface area contributed by atoms with Gasteiger partial charge in [0.15, 0.2) is 0 Å². The Labute approximate surface area is 129 Å². The van der Waals surface area contributed by atoms with E-state index in [1.165, 1.54) is 11.8 Å². The third kappa shape index (κ3) is 2.31. The molecule has 2 aromatic heterocycles. The molecule has 0 spiro atoms. The molecule has 0 unspecified atom stereocenters. The van der Waals surface area contributed by atoms with Crippen molar-refractivity contribution in [2.45, 2.75) is 31.5 Å². The van der Waals surface area contributed by atoms with Gasteiger partial charge in [-0.05, 0) is 30.5 Å². The van der Waals surface area contributed by atoms with Crippen molar-refractivity contribution in [3.05, 3.63) is 54.2 Å². The summed E-state index contributed by atoms with van der Waals surface area (Å²) in [5, 5.41) is 0. The van der Waals surface area contributed by atoms with Crippen LogP contribution < -0.4 is 0 Å². The molecule has 5 heteroatoms. The summed E-state index contributed by atoms with van der Waals surface area (Å²) in [4.78, 5) is 21.3. The maximum absolute atomic E-state index is 12.6. The molecule has 0 radical (unpaired) electrons. The molecule has 2 aliphatic rings. The molecule has 114 valence electrons. The molecule has 0 aromatic carbocycles. The average molecular weight is 297 g/mol. The lowest BCUT2D eigenvalue weighted by Crippen LogP contribution is -2.39. The number of amides is 1. The minimum absolute atomic E-state index is 0.101. The molecule has 2 aromatic rings. The molecule has 0 saturated carbocycles. The van der Waals surface area contributed by atoms with E-state index in [0.717, 1.165) is 32.5 Å². The number of aromatic nitrogens is 1. The van der Waals surface area contributed by atoms with Gasteiger partial charge < -0.3 is 9.32 Å². The van der Waals surface area contributed by atoms with Crippen molar-refractivity contribution in [2.24, 2.45) is 0 Å². The maximum atomic E-state index is 12.6. The Morgan fingerprint density at radius 3 is 2.95 bits per heavy atom. The largest absolute Gasteiger partial charge is 0.472 e. The van der Waals surface area contributed by atoms with Gasteiger partial charge in [0.1, 0.15) is 6.26 Å². The van der Waals surface area contributed by atoms with Crippen LogP contribution in [-0.4, -0.2) is 45.9 Å². The fraction of sp³-hybridized carbons (Fsp3) is 0.412. The van der Waals surface area contributed by atoms with Crippen molar-refractivity contribution in [1.82, 2.24) is 14.8 Å². The van der Waals surface area contributed by atoms with Gasteiger partial charge in [0.2, 0.25) is 0 Å². The summed E-state index contributed by atoms with van der Waals surface area (Å²) in [6.45, 7) is 2.80. The first-order chi connectivity index (χ1) is 10.8. The second-order valence-corrected chi connectivity index (χ2v) is 6.05. The molecule has 2 aliphatic heterocycles. The van der Waals surface area contributed by atoms with E-state index in [9.17, 15) is 4.79 Å². The molecule has 0 aliphatic carbocycles. The summed E-state index contributed by atoms with van der Waals surface area (Å²) in [5.74, 6) is 0.101.